The first-order chi connectivity index (χ1) is 13.9. The van der Waals surface area contributed by atoms with Gasteiger partial charge in [-0.2, -0.15) is 4.98 Å². The van der Waals surface area contributed by atoms with Crippen LogP contribution in [0.5, 0.6) is 5.88 Å². The summed E-state index contributed by atoms with van der Waals surface area (Å²) in [7, 11) is 1.55. The van der Waals surface area contributed by atoms with Crippen molar-refractivity contribution < 1.29 is 19.7 Å². The second kappa shape index (κ2) is 6.37. The molecule has 8 heteroatoms. The van der Waals surface area contributed by atoms with E-state index < -0.39 is 5.97 Å². The smallest absolute Gasteiger partial charge is 0.337 e. The molecule has 0 bridgehead atoms. The second-order valence-corrected chi connectivity index (χ2v) is 8.29. The molecule has 0 radical (unpaired) electrons. The van der Waals surface area contributed by atoms with Gasteiger partial charge < -0.3 is 24.8 Å². The number of hydrogen-bond acceptors (Lipinski definition) is 5. The van der Waals surface area contributed by atoms with E-state index in [-0.39, 0.29) is 17.1 Å². The number of halogens is 1. The molecular weight excluding hydrogens is 394 g/mol. The molecule has 1 saturated carbocycles. The lowest BCUT2D eigenvalue weighted by Crippen LogP contribution is -2.67. The fraction of sp³-hybridized carbons (Fsp3) is 0.333. The number of ether oxygens (including phenoxy) is 1. The molecule has 2 aliphatic rings. The standard InChI is InChI=1S/C21H20ClN3O4/c1-29-19-11(2-3-18(24-19)25-9-21(10-25)5-4-17(21)26)12-6-13-14(20(27)28)8-23-16(13)7-15(12)22/h2-3,6-8,17,23,26H,4-5,9-10H2,1H3,(H,27,28)/t17-/m1/s1. The van der Waals surface area contributed by atoms with E-state index in [9.17, 15) is 15.0 Å². The Kier molecular flexibility index (Phi) is 4.01. The first-order valence-electron chi connectivity index (χ1n) is 9.44. The predicted octanol–water partition coefficient (Wildman–Crippen LogP) is 3.55. The quantitative estimate of drug-likeness (QED) is 0.605. The number of aromatic nitrogens is 2. The molecule has 1 aromatic carbocycles. The van der Waals surface area contributed by atoms with E-state index in [4.69, 9.17) is 16.3 Å². The van der Waals surface area contributed by atoms with Crippen molar-refractivity contribution in [2.24, 2.45) is 5.41 Å². The first kappa shape index (κ1) is 18.3. The molecule has 3 aromatic rings. The topological polar surface area (TPSA) is 98.7 Å². The summed E-state index contributed by atoms with van der Waals surface area (Å²) in [5, 5.41) is 20.5. The van der Waals surface area contributed by atoms with Gasteiger partial charge in [0, 0.05) is 46.7 Å². The van der Waals surface area contributed by atoms with Crippen LogP contribution in [0.2, 0.25) is 5.02 Å². The number of carboxylic acid groups (broad SMARTS) is 1. The van der Waals surface area contributed by atoms with Gasteiger partial charge in [0.05, 0.1) is 23.8 Å². The van der Waals surface area contributed by atoms with Crippen LogP contribution in [-0.4, -0.2) is 52.5 Å². The van der Waals surface area contributed by atoms with Crippen molar-refractivity contribution in [3.8, 4) is 17.0 Å². The monoisotopic (exact) mass is 413 g/mol. The maximum atomic E-state index is 11.5. The Bertz CT molecular complexity index is 1140. The molecule has 0 unspecified atom stereocenters. The zero-order chi connectivity index (χ0) is 20.3. The summed E-state index contributed by atoms with van der Waals surface area (Å²) in [5.41, 5.74) is 2.23. The summed E-state index contributed by atoms with van der Waals surface area (Å²) in [6, 6.07) is 7.26. The number of aliphatic hydroxyl groups excluding tert-OH is 1. The largest absolute Gasteiger partial charge is 0.480 e. The number of H-pyrrole nitrogens is 1. The van der Waals surface area contributed by atoms with Gasteiger partial charge in [0.1, 0.15) is 5.82 Å². The average Bonchev–Trinajstić information content (AvgIpc) is 3.08. The Morgan fingerprint density at radius 1 is 1.34 bits per heavy atom. The number of benzene rings is 1. The van der Waals surface area contributed by atoms with E-state index in [2.05, 4.69) is 14.9 Å². The Hall–Kier alpha value is -2.77. The number of aromatic carboxylic acids is 1. The molecule has 1 aliphatic carbocycles. The zero-order valence-electron chi connectivity index (χ0n) is 15.8. The van der Waals surface area contributed by atoms with Crippen molar-refractivity contribution in [3.05, 3.63) is 41.0 Å². The second-order valence-electron chi connectivity index (χ2n) is 7.88. The van der Waals surface area contributed by atoms with Crippen LogP contribution in [0.4, 0.5) is 5.82 Å². The van der Waals surface area contributed by atoms with Crippen molar-refractivity contribution in [2.75, 3.05) is 25.1 Å². The average molecular weight is 414 g/mol. The van der Waals surface area contributed by atoms with Crippen LogP contribution in [0.3, 0.4) is 0 Å². The van der Waals surface area contributed by atoms with Crippen LogP contribution in [0, 0.1) is 5.41 Å². The van der Waals surface area contributed by atoms with E-state index in [0.29, 0.717) is 32.9 Å². The van der Waals surface area contributed by atoms with Crippen LogP contribution in [0.1, 0.15) is 23.2 Å². The lowest BCUT2D eigenvalue weighted by molar-refractivity contribution is -0.0825. The molecule has 3 N–H and O–H groups in total. The number of fused-ring (bicyclic) bond motifs is 1. The van der Waals surface area contributed by atoms with E-state index >= 15 is 0 Å². The number of pyridine rings is 1. The third-order valence-electron chi connectivity index (χ3n) is 6.29. The third-order valence-corrected chi connectivity index (χ3v) is 6.60. The molecule has 0 amide bonds. The van der Waals surface area contributed by atoms with Crippen molar-refractivity contribution in [1.29, 1.82) is 0 Å². The van der Waals surface area contributed by atoms with Crippen LogP contribution < -0.4 is 9.64 Å². The fourth-order valence-corrected chi connectivity index (χ4v) is 4.69. The molecule has 5 rings (SSSR count). The van der Waals surface area contributed by atoms with E-state index in [0.717, 1.165) is 31.7 Å². The summed E-state index contributed by atoms with van der Waals surface area (Å²) in [6.45, 7) is 1.59. The maximum Gasteiger partial charge on any atom is 0.337 e. The Morgan fingerprint density at radius 2 is 2.14 bits per heavy atom. The molecule has 2 fully saturated rings. The van der Waals surface area contributed by atoms with Gasteiger partial charge in [0.15, 0.2) is 0 Å². The number of carbonyl (C=O) groups is 1. The lowest BCUT2D eigenvalue weighted by Gasteiger charge is -2.59. The highest BCUT2D eigenvalue weighted by Gasteiger charge is 2.54. The molecule has 1 spiro atoms. The number of hydrogen-bond donors (Lipinski definition) is 3. The number of aromatic amines is 1. The summed E-state index contributed by atoms with van der Waals surface area (Å²) in [4.78, 5) is 21.2. The summed E-state index contributed by atoms with van der Waals surface area (Å²) in [6.07, 6.45) is 3.18. The SMILES string of the molecule is COc1nc(N2CC3(CC[C@H]3O)C2)ccc1-c1cc2c(C(=O)O)c[nH]c2cc1Cl. The number of carboxylic acids is 1. The summed E-state index contributed by atoms with van der Waals surface area (Å²) < 4.78 is 5.53. The van der Waals surface area contributed by atoms with Crippen molar-refractivity contribution >= 4 is 34.3 Å². The number of rotatable bonds is 4. The maximum absolute atomic E-state index is 11.5. The van der Waals surface area contributed by atoms with E-state index in [1.165, 1.54) is 6.20 Å². The fourth-order valence-electron chi connectivity index (χ4n) is 4.42. The highest BCUT2D eigenvalue weighted by atomic mass is 35.5. The molecule has 1 aliphatic heterocycles. The summed E-state index contributed by atoms with van der Waals surface area (Å²) in [5.74, 6) is 0.210. The predicted molar refractivity (Wildman–Crippen MR) is 110 cm³/mol. The molecule has 7 nitrogen and oxygen atoms in total. The molecule has 3 heterocycles. The van der Waals surface area contributed by atoms with Crippen molar-refractivity contribution in [2.45, 2.75) is 18.9 Å². The highest BCUT2D eigenvalue weighted by Crippen LogP contribution is 2.50. The van der Waals surface area contributed by atoms with Gasteiger partial charge in [-0.3, -0.25) is 0 Å². The van der Waals surface area contributed by atoms with Gasteiger partial charge in [-0.05, 0) is 37.1 Å². The molecule has 2 aromatic heterocycles. The number of methoxy groups -OCH3 is 1. The van der Waals surface area contributed by atoms with Crippen molar-refractivity contribution in [1.82, 2.24) is 9.97 Å². The minimum Gasteiger partial charge on any atom is -0.480 e. The number of nitrogens with one attached hydrogen (secondary N) is 1. The molecule has 1 saturated heterocycles. The third kappa shape index (κ3) is 2.68. The van der Waals surface area contributed by atoms with Crippen LogP contribution in [-0.2, 0) is 0 Å². The van der Waals surface area contributed by atoms with Gasteiger partial charge >= 0.3 is 5.97 Å². The molecule has 29 heavy (non-hydrogen) atoms. The zero-order valence-corrected chi connectivity index (χ0v) is 16.5. The number of nitrogens with zero attached hydrogens (tertiary/aromatic N) is 2. The minimum atomic E-state index is -1.00. The number of anilines is 1. The first-order valence-corrected chi connectivity index (χ1v) is 9.82. The Balaban J connectivity index is 1.52. The van der Waals surface area contributed by atoms with Gasteiger partial charge in [-0.15, -0.1) is 0 Å². The van der Waals surface area contributed by atoms with Crippen LogP contribution in [0.15, 0.2) is 30.5 Å². The Morgan fingerprint density at radius 3 is 2.76 bits per heavy atom. The van der Waals surface area contributed by atoms with E-state index in [1.54, 1.807) is 19.2 Å². The van der Waals surface area contributed by atoms with E-state index in [1.807, 2.05) is 12.1 Å². The lowest BCUT2D eigenvalue weighted by atomic mass is 9.61. The van der Waals surface area contributed by atoms with Crippen LogP contribution in [0.25, 0.3) is 22.0 Å². The summed E-state index contributed by atoms with van der Waals surface area (Å²) >= 11 is 6.49. The molecular formula is C21H20ClN3O4. The Labute approximate surface area is 171 Å². The molecule has 150 valence electrons. The van der Waals surface area contributed by atoms with Gasteiger partial charge in [0.2, 0.25) is 5.88 Å². The van der Waals surface area contributed by atoms with Gasteiger partial charge in [-0.25, -0.2) is 4.79 Å². The minimum absolute atomic E-state index is 0.0312. The normalized spacial score (nSPS) is 19.8. The highest BCUT2D eigenvalue weighted by molar-refractivity contribution is 6.34. The molecule has 1 atom stereocenters. The number of aliphatic hydroxyl groups is 1. The van der Waals surface area contributed by atoms with Crippen LogP contribution >= 0.6 is 11.6 Å². The van der Waals surface area contributed by atoms with Gasteiger partial charge in [0.25, 0.3) is 0 Å². The van der Waals surface area contributed by atoms with Crippen molar-refractivity contribution in [3.63, 3.8) is 0 Å². The van der Waals surface area contributed by atoms with Gasteiger partial charge in [-0.1, -0.05) is 11.6 Å².